The summed E-state index contributed by atoms with van der Waals surface area (Å²) in [5.41, 5.74) is 7.85. The monoisotopic (exact) mass is 231 g/mol. The van der Waals surface area contributed by atoms with Gasteiger partial charge >= 0.3 is 0 Å². The first kappa shape index (κ1) is 10.3. The lowest BCUT2D eigenvalue weighted by molar-refractivity contribution is 0.622. The van der Waals surface area contributed by atoms with E-state index in [9.17, 15) is 4.39 Å². The molecule has 0 saturated heterocycles. The van der Waals surface area contributed by atoms with Crippen molar-refractivity contribution in [2.75, 3.05) is 5.75 Å². The molecule has 0 fully saturated rings. The Morgan fingerprint density at radius 2 is 2.29 bits per heavy atom. The van der Waals surface area contributed by atoms with Gasteiger partial charge in [-0.1, -0.05) is 17.7 Å². The van der Waals surface area contributed by atoms with Crippen LogP contribution in [0.4, 0.5) is 4.39 Å². The SMILES string of the molecule is N[C@@H]1CCSCc2c1ccc(F)c2Cl. The average Bonchev–Trinajstić information content (AvgIpc) is 2.35. The number of hydrogen-bond donors (Lipinski definition) is 1. The van der Waals surface area contributed by atoms with Gasteiger partial charge in [0.05, 0.1) is 5.02 Å². The van der Waals surface area contributed by atoms with Crippen molar-refractivity contribution >= 4 is 23.4 Å². The first-order valence-electron chi connectivity index (χ1n) is 4.50. The molecule has 0 aliphatic carbocycles. The number of thioether (sulfide) groups is 1. The van der Waals surface area contributed by atoms with Crippen molar-refractivity contribution < 1.29 is 4.39 Å². The lowest BCUT2D eigenvalue weighted by Crippen LogP contribution is -2.11. The van der Waals surface area contributed by atoms with Crippen molar-refractivity contribution in [2.24, 2.45) is 5.73 Å². The summed E-state index contributed by atoms with van der Waals surface area (Å²) < 4.78 is 13.2. The van der Waals surface area contributed by atoms with Crippen molar-refractivity contribution in [2.45, 2.75) is 18.2 Å². The lowest BCUT2D eigenvalue weighted by atomic mass is 10.00. The van der Waals surface area contributed by atoms with Crippen LogP contribution >= 0.6 is 23.4 Å². The molecule has 14 heavy (non-hydrogen) atoms. The van der Waals surface area contributed by atoms with Crippen LogP contribution in [0.2, 0.25) is 5.02 Å². The molecule has 2 N–H and O–H groups in total. The van der Waals surface area contributed by atoms with Crippen LogP contribution in [-0.2, 0) is 5.75 Å². The Balaban J connectivity index is 2.53. The molecule has 0 bridgehead atoms. The maximum atomic E-state index is 13.2. The van der Waals surface area contributed by atoms with Crippen molar-refractivity contribution in [1.82, 2.24) is 0 Å². The lowest BCUT2D eigenvalue weighted by Gasteiger charge is -2.13. The van der Waals surface area contributed by atoms with E-state index in [1.807, 2.05) is 0 Å². The zero-order valence-electron chi connectivity index (χ0n) is 7.59. The molecule has 2 rings (SSSR count). The van der Waals surface area contributed by atoms with Crippen LogP contribution in [0.15, 0.2) is 12.1 Å². The summed E-state index contributed by atoms with van der Waals surface area (Å²) in [6, 6.07) is 3.16. The number of rotatable bonds is 0. The molecule has 0 saturated carbocycles. The fraction of sp³-hybridized carbons (Fsp3) is 0.400. The summed E-state index contributed by atoms with van der Waals surface area (Å²) in [5.74, 6) is 1.42. The van der Waals surface area contributed by atoms with E-state index in [-0.39, 0.29) is 16.9 Å². The van der Waals surface area contributed by atoms with Gasteiger partial charge in [0.2, 0.25) is 0 Å². The smallest absolute Gasteiger partial charge is 0.142 e. The van der Waals surface area contributed by atoms with Crippen LogP contribution in [0.25, 0.3) is 0 Å². The fourth-order valence-corrected chi connectivity index (χ4v) is 3.04. The van der Waals surface area contributed by atoms with Gasteiger partial charge in [-0.15, -0.1) is 0 Å². The third kappa shape index (κ3) is 1.76. The number of fused-ring (bicyclic) bond motifs is 1. The van der Waals surface area contributed by atoms with E-state index in [1.165, 1.54) is 6.07 Å². The Hall–Kier alpha value is -0.250. The van der Waals surface area contributed by atoms with E-state index < -0.39 is 0 Å². The third-order valence-electron chi connectivity index (χ3n) is 2.45. The van der Waals surface area contributed by atoms with Crippen molar-refractivity contribution in [3.05, 3.63) is 34.1 Å². The number of benzene rings is 1. The molecule has 0 unspecified atom stereocenters. The standard InChI is InChI=1S/C10H11ClFNS/c11-10-7-5-14-4-3-9(13)6(7)1-2-8(10)12/h1-2,9H,3-5,13H2/t9-/m1/s1. The zero-order chi connectivity index (χ0) is 10.1. The van der Waals surface area contributed by atoms with Crippen molar-refractivity contribution in [1.29, 1.82) is 0 Å². The molecule has 1 aromatic carbocycles. The summed E-state index contributed by atoms with van der Waals surface area (Å²) in [6.45, 7) is 0. The Kier molecular flexibility index (Phi) is 3.00. The molecular weight excluding hydrogens is 221 g/mol. The quantitative estimate of drug-likeness (QED) is 0.743. The highest BCUT2D eigenvalue weighted by Gasteiger charge is 2.19. The van der Waals surface area contributed by atoms with Gasteiger partial charge < -0.3 is 5.73 Å². The van der Waals surface area contributed by atoms with Crippen LogP contribution < -0.4 is 5.73 Å². The molecule has 1 heterocycles. The van der Waals surface area contributed by atoms with Crippen LogP contribution in [0.5, 0.6) is 0 Å². The second-order valence-electron chi connectivity index (χ2n) is 3.38. The molecule has 76 valence electrons. The number of hydrogen-bond acceptors (Lipinski definition) is 2. The van der Waals surface area contributed by atoms with Gasteiger partial charge in [-0.2, -0.15) is 11.8 Å². The molecule has 0 radical (unpaired) electrons. The Morgan fingerprint density at radius 1 is 1.50 bits per heavy atom. The van der Waals surface area contributed by atoms with Gasteiger partial charge in [0.1, 0.15) is 5.82 Å². The zero-order valence-corrected chi connectivity index (χ0v) is 9.17. The van der Waals surface area contributed by atoms with Crippen LogP contribution in [0, 0.1) is 5.82 Å². The predicted octanol–water partition coefficient (Wildman–Crippen LogP) is 3.12. The maximum Gasteiger partial charge on any atom is 0.142 e. The normalized spacial score (nSPS) is 21.5. The first-order chi connectivity index (χ1) is 6.70. The van der Waals surface area contributed by atoms with Gasteiger partial charge in [-0.25, -0.2) is 4.39 Å². The van der Waals surface area contributed by atoms with Crippen molar-refractivity contribution in [3.8, 4) is 0 Å². The molecule has 4 heteroatoms. The van der Waals surface area contributed by atoms with E-state index in [2.05, 4.69) is 0 Å². The summed E-state index contributed by atoms with van der Waals surface area (Å²) in [4.78, 5) is 0. The third-order valence-corrected chi connectivity index (χ3v) is 3.88. The van der Waals surface area contributed by atoms with Gasteiger partial charge in [0, 0.05) is 11.8 Å². The molecule has 1 aromatic rings. The van der Waals surface area contributed by atoms with Crippen LogP contribution in [0.3, 0.4) is 0 Å². The minimum atomic E-state index is -0.347. The predicted molar refractivity (Wildman–Crippen MR) is 59.1 cm³/mol. The summed E-state index contributed by atoms with van der Waals surface area (Å²) in [7, 11) is 0. The van der Waals surface area contributed by atoms with Crippen molar-refractivity contribution in [3.63, 3.8) is 0 Å². The number of nitrogens with two attached hydrogens (primary N) is 1. The highest BCUT2D eigenvalue weighted by Crippen LogP contribution is 2.34. The average molecular weight is 232 g/mol. The molecule has 1 atom stereocenters. The Bertz CT molecular complexity index is 356. The second-order valence-corrected chi connectivity index (χ2v) is 4.86. The first-order valence-corrected chi connectivity index (χ1v) is 6.03. The molecule has 0 aromatic heterocycles. The fourth-order valence-electron chi connectivity index (χ4n) is 1.64. The molecule has 1 aliphatic heterocycles. The summed E-state index contributed by atoms with van der Waals surface area (Å²) in [5, 5.41) is 0.243. The van der Waals surface area contributed by atoms with Crippen LogP contribution in [0.1, 0.15) is 23.6 Å². The molecule has 1 nitrogen and oxygen atoms in total. The van der Waals surface area contributed by atoms with Gasteiger partial charge in [-0.05, 0) is 29.4 Å². The van der Waals surface area contributed by atoms with Gasteiger partial charge in [0.15, 0.2) is 0 Å². The van der Waals surface area contributed by atoms with Gasteiger partial charge in [0.25, 0.3) is 0 Å². The molecule has 0 amide bonds. The highest BCUT2D eigenvalue weighted by molar-refractivity contribution is 7.98. The molecule has 0 spiro atoms. The largest absolute Gasteiger partial charge is 0.324 e. The second kappa shape index (κ2) is 4.09. The minimum Gasteiger partial charge on any atom is -0.324 e. The Labute approximate surface area is 91.8 Å². The van der Waals surface area contributed by atoms with E-state index in [0.717, 1.165) is 29.1 Å². The highest BCUT2D eigenvalue weighted by atomic mass is 35.5. The Morgan fingerprint density at radius 3 is 3.07 bits per heavy atom. The maximum absolute atomic E-state index is 13.2. The summed E-state index contributed by atoms with van der Waals surface area (Å²) >= 11 is 7.66. The molecular formula is C10H11ClFNS. The number of halogens is 2. The minimum absolute atomic E-state index is 0.00176. The van der Waals surface area contributed by atoms with Gasteiger partial charge in [-0.3, -0.25) is 0 Å². The summed E-state index contributed by atoms with van der Waals surface area (Å²) in [6.07, 6.45) is 0.930. The van der Waals surface area contributed by atoms with Crippen LogP contribution in [-0.4, -0.2) is 5.75 Å². The van der Waals surface area contributed by atoms with E-state index in [4.69, 9.17) is 17.3 Å². The van der Waals surface area contributed by atoms with E-state index in [0.29, 0.717) is 0 Å². The molecule has 1 aliphatic rings. The van der Waals surface area contributed by atoms with E-state index in [1.54, 1.807) is 17.8 Å². The topological polar surface area (TPSA) is 26.0 Å². The van der Waals surface area contributed by atoms with E-state index >= 15 is 0 Å².